The Labute approximate surface area is 105 Å². The summed E-state index contributed by atoms with van der Waals surface area (Å²) in [6.45, 7) is 3.51. The quantitative estimate of drug-likeness (QED) is 0.788. The highest BCUT2D eigenvalue weighted by molar-refractivity contribution is 5.49. The Balaban J connectivity index is 2.51. The zero-order valence-corrected chi connectivity index (χ0v) is 9.99. The van der Waals surface area contributed by atoms with Gasteiger partial charge in [-0.1, -0.05) is 13.8 Å². The third-order valence-corrected chi connectivity index (χ3v) is 2.33. The number of pyridine rings is 1. The van der Waals surface area contributed by atoms with Crippen molar-refractivity contribution in [3.63, 3.8) is 0 Å². The van der Waals surface area contributed by atoms with Gasteiger partial charge in [-0.2, -0.15) is 13.2 Å². The van der Waals surface area contributed by atoms with Gasteiger partial charge in [0, 0.05) is 12.1 Å². The average molecular weight is 275 g/mol. The molecule has 2 aromatic heterocycles. The Morgan fingerprint density at radius 3 is 2.42 bits per heavy atom. The van der Waals surface area contributed by atoms with Crippen LogP contribution in [0.3, 0.4) is 0 Å². The topological polar surface area (TPSA) is 51.8 Å². The van der Waals surface area contributed by atoms with E-state index in [0.29, 0.717) is 6.07 Å². The molecular weight excluding hydrogens is 266 g/mol. The fourth-order valence-electron chi connectivity index (χ4n) is 1.38. The van der Waals surface area contributed by atoms with Crippen molar-refractivity contribution < 1.29 is 22.0 Å². The van der Waals surface area contributed by atoms with Crippen LogP contribution in [0.15, 0.2) is 16.7 Å². The van der Waals surface area contributed by atoms with Crippen molar-refractivity contribution >= 4 is 0 Å². The summed E-state index contributed by atoms with van der Waals surface area (Å²) in [5.74, 6) is -1.80. The monoisotopic (exact) mass is 275 g/mol. The van der Waals surface area contributed by atoms with Crippen LogP contribution in [0, 0.1) is 5.82 Å². The highest BCUT2D eigenvalue weighted by atomic mass is 19.4. The minimum absolute atomic E-state index is 0.116. The maximum Gasteiger partial charge on any atom is 0.419 e. The third kappa shape index (κ3) is 2.56. The van der Waals surface area contributed by atoms with Gasteiger partial charge in [0.25, 0.3) is 5.89 Å². The van der Waals surface area contributed by atoms with E-state index in [1.54, 1.807) is 13.8 Å². The second-order valence-electron chi connectivity index (χ2n) is 4.12. The summed E-state index contributed by atoms with van der Waals surface area (Å²) in [4.78, 5) is 3.52. The van der Waals surface area contributed by atoms with Gasteiger partial charge in [-0.15, -0.1) is 10.2 Å². The molecule has 102 valence electrons. The first-order valence-electron chi connectivity index (χ1n) is 5.36. The molecule has 19 heavy (non-hydrogen) atoms. The van der Waals surface area contributed by atoms with Crippen LogP contribution in [0.2, 0.25) is 0 Å². The summed E-state index contributed by atoms with van der Waals surface area (Å²) in [6, 6.07) is 0.554. The standard InChI is InChI=1S/C11H9F4N3O/c1-5(2)9-17-18-10(19-9)8-7(12)6(3-4-16-8)11(13,14)15/h3-5H,1-2H3. The lowest BCUT2D eigenvalue weighted by Gasteiger charge is -2.08. The Morgan fingerprint density at radius 2 is 1.89 bits per heavy atom. The number of aromatic nitrogens is 3. The van der Waals surface area contributed by atoms with Crippen LogP contribution in [-0.2, 0) is 6.18 Å². The molecule has 0 atom stereocenters. The summed E-state index contributed by atoms with van der Waals surface area (Å²) in [7, 11) is 0. The number of rotatable bonds is 2. The molecule has 0 spiro atoms. The van der Waals surface area contributed by atoms with Crippen LogP contribution in [-0.4, -0.2) is 15.2 Å². The molecule has 0 fully saturated rings. The first-order valence-corrected chi connectivity index (χ1v) is 5.36. The number of halogens is 4. The van der Waals surface area contributed by atoms with Crippen LogP contribution in [0.4, 0.5) is 17.6 Å². The molecular formula is C11H9F4N3O. The van der Waals surface area contributed by atoms with Gasteiger partial charge in [0.2, 0.25) is 5.89 Å². The van der Waals surface area contributed by atoms with Crippen molar-refractivity contribution in [2.45, 2.75) is 25.9 Å². The average Bonchev–Trinajstić information content (AvgIpc) is 2.77. The van der Waals surface area contributed by atoms with E-state index in [9.17, 15) is 17.6 Å². The van der Waals surface area contributed by atoms with Crippen LogP contribution < -0.4 is 0 Å². The molecule has 0 saturated heterocycles. The predicted molar refractivity (Wildman–Crippen MR) is 56.6 cm³/mol. The first kappa shape index (κ1) is 13.4. The molecule has 2 heterocycles. The minimum Gasteiger partial charge on any atom is -0.419 e. The fraction of sp³-hybridized carbons (Fsp3) is 0.364. The lowest BCUT2D eigenvalue weighted by Crippen LogP contribution is -2.09. The maximum absolute atomic E-state index is 13.8. The largest absolute Gasteiger partial charge is 0.419 e. The van der Waals surface area contributed by atoms with Crippen LogP contribution in [0.5, 0.6) is 0 Å². The van der Waals surface area contributed by atoms with Crippen molar-refractivity contribution in [2.75, 3.05) is 0 Å². The van der Waals surface area contributed by atoms with E-state index in [1.165, 1.54) is 0 Å². The molecule has 0 aliphatic heterocycles. The van der Waals surface area contributed by atoms with E-state index >= 15 is 0 Å². The lowest BCUT2D eigenvalue weighted by molar-refractivity contribution is -0.140. The normalized spacial score (nSPS) is 12.2. The number of nitrogens with zero attached hydrogens (tertiary/aromatic N) is 3. The van der Waals surface area contributed by atoms with Crippen molar-refractivity contribution in [1.82, 2.24) is 15.2 Å². The van der Waals surface area contributed by atoms with Gasteiger partial charge in [0.15, 0.2) is 11.5 Å². The molecule has 0 aliphatic rings. The molecule has 0 bridgehead atoms. The summed E-state index contributed by atoms with van der Waals surface area (Å²) in [6.07, 6.45) is -3.96. The van der Waals surface area contributed by atoms with Gasteiger partial charge in [0.1, 0.15) is 0 Å². The Morgan fingerprint density at radius 1 is 1.21 bits per heavy atom. The summed E-state index contributed by atoms with van der Waals surface area (Å²) in [5.41, 5.74) is -2.02. The van der Waals surface area contributed by atoms with Crippen molar-refractivity contribution in [1.29, 1.82) is 0 Å². The molecule has 0 saturated carbocycles. The first-order chi connectivity index (χ1) is 8.80. The molecule has 4 nitrogen and oxygen atoms in total. The van der Waals surface area contributed by atoms with Crippen LogP contribution in [0.25, 0.3) is 11.6 Å². The van der Waals surface area contributed by atoms with Crippen molar-refractivity contribution in [2.24, 2.45) is 0 Å². The van der Waals surface area contributed by atoms with E-state index in [2.05, 4.69) is 15.2 Å². The Bertz CT molecular complexity index is 592. The number of hydrogen-bond donors (Lipinski definition) is 0. The number of alkyl halides is 3. The molecule has 0 aromatic carbocycles. The Hall–Kier alpha value is -1.99. The summed E-state index contributed by atoms with van der Waals surface area (Å²) in [5, 5.41) is 7.13. The minimum atomic E-state index is -4.80. The van der Waals surface area contributed by atoms with Gasteiger partial charge < -0.3 is 4.42 Å². The molecule has 0 radical (unpaired) electrons. The van der Waals surface area contributed by atoms with Crippen LogP contribution in [0.1, 0.15) is 31.2 Å². The van der Waals surface area contributed by atoms with Gasteiger partial charge in [0.05, 0.1) is 5.56 Å². The number of hydrogen-bond acceptors (Lipinski definition) is 4. The van der Waals surface area contributed by atoms with Gasteiger partial charge in [-0.05, 0) is 6.07 Å². The second kappa shape index (κ2) is 4.60. The van der Waals surface area contributed by atoms with E-state index in [-0.39, 0.29) is 17.7 Å². The van der Waals surface area contributed by atoms with Crippen molar-refractivity contribution in [3.05, 3.63) is 29.5 Å². The lowest BCUT2D eigenvalue weighted by atomic mass is 10.2. The summed E-state index contributed by atoms with van der Waals surface area (Å²) < 4.78 is 56.5. The van der Waals surface area contributed by atoms with E-state index in [1.807, 2.05) is 0 Å². The van der Waals surface area contributed by atoms with Gasteiger partial charge in [-0.3, -0.25) is 0 Å². The summed E-state index contributed by atoms with van der Waals surface area (Å²) >= 11 is 0. The van der Waals surface area contributed by atoms with E-state index in [0.717, 1.165) is 6.20 Å². The maximum atomic E-state index is 13.8. The van der Waals surface area contributed by atoms with E-state index < -0.39 is 23.3 Å². The molecule has 0 aliphatic carbocycles. The SMILES string of the molecule is CC(C)c1nnc(-c2nccc(C(F)(F)F)c2F)o1. The molecule has 8 heteroatoms. The smallest absolute Gasteiger partial charge is 0.419 e. The molecule has 2 rings (SSSR count). The third-order valence-electron chi connectivity index (χ3n) is 2.33. The zero-order valence-electron chi connectivity index (χ0n) is 9.99. The van der Waals surface area contributed by atoms with Gasteiger partial charge >= 0.3 is 6.18 Å². The molecule has 2 aromatic rings. The predicted octanol–water partition coefficient (Wildman–Crippen LogP) is 3.41. The zero-order chi connectivity index (χ0) is 14.2. The highest BCUT2D eigenvalue weighted by Gasteiger charge is 2.36. The van der Waals surface area contributed by atoms with Crippen molar-refractivity contribution in [3.8, 4) is 11.6 Å². The molecule has 0 unspecified atom stereocenters. The molecule has 0 N–H and O–H groups in total. The second-order valence-corrected chi connectivity index (χ2v) is 4.12. The Kier molecular flexibility index (Phi) is 3.25. The van der Waals surface area contributed by atoms with Gasteiger partial charge in [-0.25, -0.2) is 9.37 Å². The highest BCUT2D eigenvalue weighted by Crippen LogP contribution is 2.34. The van der Waals surface area contributed by atoms with E-state index in [4.69, 9.17) is 4.42 Å². The van der Waals surface area contributed by atoms with Crippen LogP contribution >= 0.6 is 0 Å². The molecule has 0 amide bonds. The fourth-order valence-corrected chi connectivity index (χ4v) is 1.38.